The molecular weight excluding hydrogens is 387 g/mol. The Bertz CT molecular complexity index is 951. The van der Waals surface area contributed by atoms with E-state index in [9.17, 15) is 30.0 Å². The molecule has 0 unspecified atom stereocenters. The fraction of sp³-hybridized carbons (Fsp3) is 0.333. The van der Waals surface area contributed by atoms with E-state index in [0.717, 1.165) is 12.1 Å². The Kier molecular flexibility index (Phi) is 5.20. The van der Waals surface area contributed by atoms with Gasteiger partial charge in [-0.1, -0.05) is 12.0 Å². The maximum Gasteiger partial charge on any atom is 0.416 e. The van der Waals surface area contributed by atoms with E-state index in [1.54, 1.807) is 0 Å². The van der Waals surface area contributed by atoms with Crippen LogP contribution < -0.4 is 4.72 Å². The molecule has 0 aliphatic heterocycles. The molecular formula is C12H12F3N3O5S2. The molecule has 0 radical (unpaired) electrons. The second-order valence-electron chi connectivity index (χ2n) is 4.71. The van der Waals surface area contributed by atoms with Crippen LogP contribution in [0.3, 0.4) is 0 Å². The predicted octanol–water partition coefficient (Wildman–Crippen LogP) is 1.36. The fourth-order valence-electron chi connectivity index (χ4n) is 1.62. The van der Waals surface area contributed by atoms with Gasteiger partial charge in [-0.2, -0.15) is 13.2 Å². The molecule has 1 aromatic carbocycles. The molecule has 0 saturated carbocycles. The Balaban J connectivity index is 2.12. The van der Waals surface area contributed by atoms with Crippen LogP contribution in [0, 0.1) is 0 Å². The average Bonchev–Trinajstić information content (AvgIpc) is 3.02. The van der Waals surface area contributed by atoms with Crippen molar-refractivity contribution in [2.45, 2.75) is 29.8 Å². The van der Waals surface area contributed by atoms with Crippen LogP contribution >= 0.6 is 0 Å². The van der Waals surface area contributed by atoms with Crippen molar-refractivity contribution in [3.05, 3.63) is 35.7 Å². The lowest BCUT2D eigenvalue weighted by molar-refractivity contribution is -0.137. The Morgan fingerprint density at radius 1 is 1.08 bits per heavy atom. The number of benzene rings is 1. The number of alkyl halides is 3. The van der Waals surface area contributed by atoms with Gasteiger partial charge in [0.2, 0.25) is 25.8 Å². The van der Waals surface area contributed by atoms with Crippen molar-refractivity contribution in [1.29, 1.82) is 0 Å². The molecule has 138 valence electrons. The molecule has 1 N–H and O–H groups in total. The second kappa shape index (κ2) is 6.72. The van der Waals surface area contributed by atoms with E-state index in [2.05, 4.69) is 10.2 Å². The molecule has 2 aromatic rings. The highest BCUT2D eigenvalue weighted by Gasteiger charge is 2.30. The molecule has 1 aromatic heterocycles. The van der Waals surface area contributed by atoms with E-state index < -0.39 is 48.3 Å². The first-order valence-electron chi connectivity index (χ1n) is 6.68. The number of sulfonamides is 1. The molecule has 0 atom stereocenters. The Morgan fingerprint density at radius 3 is 2.20 bits per heavy atom. The topological polar surface area (TPSA) is 119 Å². The number of halogens is 3. The van der Waals surface area contributed by atoms with E-state index in [4.69, 9.17) is 4.42 Å². The molecule has 0 bridgehead atoms. The van der Waals surface area contributed by atoms with Crippen LogP contribution in [0.4, 0.5) is 13.2 Å². The molecule has 25 heavy (non-hydrogen) atoms. The summed E-state index contributed by atoms with van der Waals surface area (Å²) in [7, 11) is -7.87. The van der Waals surface area contributed by atoms with Crippen LogP contribution in [0.25, 0.3) is 0 Å². The SMILES string of the molecule is CCS(=O)(=O)c1nnc(CNS(=O)(=O)c2ccc(C(F)(F)F)cc2)o1. The first-order chi connectivity index (χ1) is 11.5. The van der Waals surface area contributed by atoms with Crippen molar-refractivity contribution >= 4 is 19.9 Å². The van der Waals surface area contributed by atoms with Gasteiger partial charge in [0.25, 0.3) is 0 Å². The lowest BCUT2D eigenvalue weighted by Crippen LogP contribution is -2.23. The van der Waals surface area contributed by atoms with Crippen LogP contribution in [0.1, 0.15) is 18.4 Å². The van der Waals surface area contributed by atoms with Gasteiger partial charge in [-0.25, -0.2) is 21.6 Å². The Labute approximate surface area is 141 Å². The third kappa shape index (κ3) is 4.55. The molecule has 8 nitrogen and oxygen atoms in total. The quantitative estimate of drug-likeness (QED) is 0.779. The molecule has 0 spiro atoms. The second-order valence-corrected chi connectivity index (χ2v) is 8.63. The summed E-state index contributed by atoms with van der Waals surface area (Å²) in [5, 5.41) is 6.07. The lowest BCUT2D eigenvalue weighted by Gasteiger charge is -2.08. The smallest absolute Gasteiger partial charge is 0.411 e. The standard InChI is InChI=1S/C12H12F3N3O5S2/c1-2-24(19,20)11-18-17-10(23-11)7-16-25(21,22)9-5-3-8(4-6-9)12(13,14)15/h3-6,16H,2,7H2,1H3. The van der Waals surface area contributed by atoms with Gasteiger partial charge in [-0.05, 0) is 24.3 Å². The number of aromatic nitrogens is 2. The van der Waals surface area contributed by atoms with Gasteiger partial charge >= 0.3 is 11.4 Å². The van der Waals surface area contributed by atoms with E-state index in [-0.39, 0.29) is 11.6 Å². The molecule has 0 aliphatic carbocycles. The third-order valence-corrected chi connectivity index (χ3v) is 5.87. The van der Waals surface area contributed by atoms with Gasteiger partial charge in [0.05, 0.1) is 22.8 Å². The summed E-state index contributed by atoms with van der Waals surface area (Å²) in [6.45, 7) is 0.849. The van der Waals surface area contributed by atoms with Crippen molar-refractivity contribution in [1.82, 2.24) is 14.9 Å². The van der Waals surface area contributed by atoms with Crippen LogP contribution in [0.15, 0.2) is 38.8 Å². The van der Waals surface area contributed by atoms with E-state index in [1.165, 1.54) is 6.92 Å². The maximum absolute atomic E-state index is 12.5. The van der Waals surface area contributed by atoms with Crippen molar-refractivity contribution in [3.63, 3.8) is 0 Å². The number of hydrogen-bond donors (Lipinski definition) is 1. The minimum Gasteiger partial charge on any atom is -0.411 e. The molecule has 0 amide bonds. The highest BCUT2D eigenvalue weighted by atomic mass is 32.2. The van der Waals surface area contributed by atoms with Crippen molar-refractivity contribution in [3.8, 4) is 0 Å². The fourth-order valence-corrected chi connectivity index (χ4v) is 3.23. The van der Waals surface area contributed by atoms with Gasteiger partial charge in [0.1, 0.15) is 0 Å². The highest BCUT2D eigenvalue weighted by molar-refractivity contribution is 7.91. The van der Waals surface area contributed by atoms with Crippen LogP contribution in [0.2, 0.25) is 0 Å². The van der Waals surface area contributed by atoms with Crippen molar-refractivity contribution in [2.75, 3.05) is 5.75 Å². The summed E-state index contributed by atoms with van der Waals surface area (Å²) in [5.41, 5.74) is -0.988. The normalized spacial score (nSPS) is 13.1. The zero-order valence-electron chi connectivity index (χ0n) is 12.6. The monoisotopic (exact) mass is 399 g/mol. The molecule has 0 saturated heterocycles. The van der Waals surface area contributed by atoms with E-state index in [1.807, 2.05) is 4.72 Å². The minimum absolute atomic E-state index is 0.272. The summed E-state index contributed by atoms with van der Waals surface area (Å²) in [6.07, 6.45) is -4.58. The number of sulfone groups is 1. The Morgan fingerprint density at radius 2 is 1.68 bits per heavy atom. The zero-order chi connectivity index (χ0) is 18.9. The van der Waals surface area contributed by atoms with Gasteiger partial charge in [0, 0.05) is 0 Å². The zero-order valence-corrected chi connectivity index (χ0v) is 14.2. The largest absolute Gasteiger partial charge is 0.416 e. The maximum atomic E-state index is 12.5. The lowest BCUT2D eigenvalue weighted by atomic mass is 10.2. The first kappa shape index (κ1) is 19.3. The van der Waals surface area contributed by atoms with Crippen LogP contribution in [-0.2, 0) is 32.6 Å². The number of nitrogens with one attached hydrogen (secondary N) is 1. The van der Waals surface area contributed by atoms with Gasteiger partial charge in [-0.15, -0.1) is 5.10 Å². The van der Waals surface area contributed by atoms with Gasteiger partial charge in [0.15, 0.2) is 0 Å². The van der Waals surface area contributed by atoms with Gasteiger partial charge in [-0.3, -0.25) is 0 Å². The summed E-state index contributed by atoms with van der Waals surface area (Å²) in [4.78, 5) is -0.401. The number of hydrogen-bond acceptors (Lipinski definition) is 7. The van der Waals surface area contributed by atoms with E-state index in [0.29, 0.717) is 12.1 Å². The first-order valence-corrected chi connectivity index (χ1v) is 9.81. The summed E-state index contributed by atoms with van der Waals surface area (Å²) in [5.74, 6) is -0.575. The van der Waals surface area contributed by atoms with Crippen molar-refractivity contribution in [2.24, 2.45) is 0 Å². The minimum atomic E-state index is -4.58. The van der Waals surface area contributed by atoms with Gasteiger partial charge < -0.3 is 4.42 Å². The molecule has 1 heterocycles. The summed E-state index contributed by atoms with van der Waals surface area (Å²) < 4.78 is 91.4. The predicted molar refractivity (Wildman–Crippen MR) is 77.5 cm³/mol. The molecule has 13 heteroatoms. The van der Waals surface area contributed by atoms with Crippen LogP contribution in [0.5, 0.6) is 0 Å². The van der Waals surface area contributed by atoms with E-state index >= 15 is 0 Å². The third-order valence-electron chi connectivity index (χ3n) is 3.00. The molecule has 0 fully saturated rings. The molecule has 0 aliphatic rings. The molecule has 2 rings (SSSR count). The highest BCUT2D eigenvalue weighted by Crippen LogP contribution is 2.29. The summed E-state index contributed by atoms with van der Waals surface area (Å²) >= 11 is 0. The summed E-state index contributed by atoms with van der Waals surface area (Å²) in [6, 6.07) is 2.86. The van der Waals surface area contributed by atoms with Crippen LogP contribution in [-0.4, -0.2) is 32.8 Å². The van der Waals surface area contributed by atoms with Crippen molar-refractivity contribution < 1.29 is 34.4 Å². The number of nitrogens with zero attached hydrogens (tertiary/aromatic N) is 2. The average molecular weight is 399 g/mol. The number of rotatable bonds is 6. The Hall–Kier alpha value is -1.99.